The van der Waals surface area contributed by atoms with Crippen molar-refractivity contribution in [3.63, 3.8) is 0 Å². The van der Waals surface area contributed by atoms with E-state index >= 15 is 0 Å². The van der Waals surface area contributed by atoms with Crippen LogP contribution >= 0.6 is 0 Å². The maximum Gasteiger partial charge on any atom is 0.330 e. The van der Waals surface area contributed by atoms with Crippen molar-refractivity contribution in [2.24, 2.45) is 7.05 Å². The number of nitrogens with one attached hydrogen (secondary N) is 1. The number of rotatable bonds is 3. The van der Waals surface area contributed by atoms with Gasteiger partial charge in [-0.1, -0.05) is 0 Å². The SMILES string of the molecule is CCOC(=O)Cn1c(=O)[nH]c(=O)c2c1ncn2C. The van der Waals surface area contributed by atoms with Gasteiger partial charge in [-0.3, -0.25) is 19.1 Å². The second-order valence-electron chi connectivity index (χ2n) is 3.68. The van der Waals surface area contributed by atoms with E-state index in [0.717, 1.165) is 4.57 Å². The zero-order valence-electron chi connectivity index (χ0n) is 9.97. The summed E-state index contributed by atoms with van der Waals surface area (Å²) in [6.45, 7) is 1.61. The van der Waals surface area contributed by atoms with E-state index in [1.807, 2.05) is 0 Å². The van der Waals surface area contributed by atoms with Gasteiger partial charge in [-0.05, 0) is 6.92 Å². The largest absolute Gasteiger partial charge is 0.465 e. The zero-order chi connectivity index (χ0) is 13.3. The second kappa shape index (κ2) is 4.47. The number of hydrogen-bond acceptors (Lipinski definition) is 5. The molecule has 0 saturated carbocycles. The number of imidazole rings is 1. The first-order valence-corrected chi connectivity index (χ1v) is 5.34. The molecule has 2 heterocycles. The normalized spacial score (nSPS) is 10.8. The van der Waals surface area contributed by atoms with Crippen molar-refractivity contribution in [2.75, 3.05) is 6.61 Å². The Balaban J connectivity index is 2.60. The molecular weight excluding hydrogens is 240 g/mol. The summed E-state index contributed by atoms with van der Waals surface area (Å²) in [5, 5.41) is 0. The molecule has 0 aromatic carbocycles. The van der Waals surface area contributed by atoms with E-state index in [0.29, 0.717) is 0 Å². The molecular formula is C10H12N4O4. The van der Waals surface area contributed by atoms with Crippen LogP contribution in [0.2, 0.25) is 0 Å². The summed E-state index contributed by atoms with van der Waals surface area (Å²) < 4.78 is 7.32. The number of carbonyl (C=O) groups excluding carboxylic acids is 1. The maximum atomic E-state index is 11.7. The molecule has 2 aromatic heterocycles. The molecule has 1 N–H and O–H groups in total. The summed E-state index contributed by atoms with van der Waals surface area (Å²) in [5.74, 6) is -0.557. The van der Waals surface area contributed by atoms with Crippen LogP contribution in [0.1, 0.15) is 6.92 Å². The monoisotopic (exact) mass is 252 g/mol. The highest BCUT2D eigenvalue weighted by Gasteiger charge is 2.14. The van der Waals surface area contributed by atoms with Crippen LogP contribution in [0.5, 0.6) is 0 Å². The van der Waals surface area contributed by atoms with Crippen molar-refractivity contribution < 1.29 is 9.53 Å². The number of nitrogens with zero attached hydrogens (tertiary/aromatic N) is 3. The predicted molar refractivity (Wildman–Crippen MR) is 62.2 cm³/mol. The Bertz CT molecular complexity index is 709. The molecule has 0 unspecified atom stereocenters. The average molecular weight is 252 g/mol. The van der Waals surface area contributed by atoms with E-state index in [1.54, 1.807) is 14.0 Å². The first kappa shape index (κ1) is 12.1. The Morgan fingerprint density at radius 2 is 2.22 bits per heavy atom. The first-order chi connectivity index (χ1) is 8.54. The number of aromatic nitrogens is 4. The molecule has 18 heavy (non-hydrogen) atoms. The van der Waals surface area contributed by atoms with Crippen LogP contribution in [0.3, 0.4) is 0 Å². The van der Waals surface area contributed by atoms with E-state index in [2.05, 4.69) is 9.97 Å². The summed E-state index contributed by atoms with van der Waals surface area (Å²) in [6, 6.07) is 0. The minimum atomic E-state index is -0.681. The maximum absolute atomic E-state index is 11.7. The molecule has 0 spiro atoms. The summed E-state index contributed by atoms with van der Waals surface area (Å²) in [6.07, 6.45) is 1.40. The van der Waals surface area contributed by atoms with E-state index in [9.17, 15) is 14.4 Å². The average Bonchev–Trinajstić information content (AvgIpc) is 2.67. The third-order valence-corrected chi connectivity index (χ3v) is 2.45. The van der Waals surface area contributed by atoms with Gasteiger partial charge in [0.1, 0.15) is 6.54 Å². The predicted octanol–water partition coefficient (Wildman–Crippen LogP) is -1.01. The molecule has 0 aliphatic carbocycles. The highest BCUT2D eigenvalue weighted by atomic mass is 16.5. The number of ether oxygens (including phenoxy) is 1. The van der Waals surface area contributed by atoms with Crippen molar-refractivity contribution in [3.05, 3.63) is 27.2 Å². The number of H-pyrrole nitrogens is 1. The van der Waals surface area contributed by atoms with Gasteiger partial charge < -0.3 is 9.30 Å². The van der Waals surface area contributed by atoms with E-state index < -0.39 is 17.2 Å². The van der Waals surface area contributed by atoms with E-state index in [4.69, 9.17) is 4.74 Å². The van der Waals surface area contributed by atoms with Crippen LogP contribution in [0.25, 0.3) is 11.2 Å². The molecule has 0 bridgehead atoms. The van der Waals surface area contributed by atoms with E-state index in [-0.39, 0.29) is 24.3 Å². The third-order valence-electron chi connectivity index (χ3n) is 2.45. The molecule has 0 aliphatic heterocycles. The molecule has 0 aliphatic rings. The van der Waals surface area contributed by atoms with E-state index in [1.165, 1.54) is 10.9 Å². The number of carbonyl (C=O) groups is 1. The second-order valence-corrected chi connectivity index (χ2v) is 3.68. The fraction of sp³-hybridized carbons (Fsp3) is 0.400. The van der Waals surface area contributed by atoms with Crippen molar-refractivity contribution in [1.29, 1.82) is 0 Å². The summed E-state index contributed by atoms with van der Waals surface area (Å²) in [4.78, 5) is 40.7. The highest BCUT2D eigenvalue weighted by molar-refractivity contribution is 5.74. The molecule has 2 aromatic rings. The van der Waals surface area contributed by atoms with Gasteiger partial charge in [0.2, 0.25) is 0 Å². The topological polar surface area (TPSA) is 99.0 Å². The van der Waals surface area contributed by atoms with Gasteiger partial charge in [0.25, 0.3) is 5.56 Å². The Kier molecular flexibility index (Phi) is 3.00. The Morgan fingerprint density at radius 1 is 1.50 bits per heavy atom. The zero-order valence-corrected chi connectivity index (χ0v) is 9.97. The molecule has 2 rings (SSSR count). The van der Waals surface area contributed by atoms with Crippen LogP contribution in [0.4, 0.5) is 0 Å². The van der Waals surface area contributed by atoms with Crippen LogP contribution in [-0.4, -0.2) is 31.7 Å². The van der Waals surface area contributed by atoms with Gasteiger partial charge in [0.05, 0.1) is 12.9 Å². The van der Waals surface area contributed by atoms with Gasteiger partial charge in [0, 0.05) is 7.05 Å². The molecule has 8 nitrogen and oxygen atoms in total. The Hall–Kier alpha value is -2.38. The van der Waals surface area contributed by atoms with Gasteiger partial charge in [-0.15, -0.1) is 0 Å². The van der Waals surface area contributed by atoms with Crippen LogP contribution in [0, 0.1) is 0 Å². The molecule has 0 radical (unpaired) electrons. The molecule has 0 saturated heterocycles. The number of aromatic amines is 1. The summed E-state index contributed by atoms with van der Waals surface area (Å²) in [7, 11) is 1.63. The fourth-order valence-electron chi connectivity index (χ4n) is 1.68. The van der Waals surface area contributed by atoms with Crippen molar-refractivity contribution in [2.45, 2.75) is 13.5 Å². The molecule has 0 fully saturated rings. The van der Waals surface area contributed by atoms with Gasteiger partial charge in [-0.2, -0.15) is 0 Å². The van der Waals surface area contributed by atoms with Crippen molar-refractivity contribution >= 4 is 17.1 Å². The number of esters is 1. The van der Waals surface area contributed by atoms with Crippen molar-refractivity contribution in [3.8, 4) is 0 Å². The smallest absolute Gasteiger partial charge is 0.330 e. The summed E-state index contributed by atoms with van der Waals surface area (Å²) in [5.41, 5.74) is -0.812. The lowest BCUT2D eigenvalue weighted by molar-refractivity contribution is -0.143. The quantitative estimate of drug-likeness (QED) is 0.705. The van der Waals surface area contributed by atoms with Crippen LogP contribution in [-0.2, 0) is 23.1 Å². The molecule has 0 atom stereocenters. The van der Waals surface area contributed by atoms with Crippen molar-refractivity contribution in [1.82, 2.24) is 19.1 Å². The molecule has 8 heteroatoms. The number of aryl methyl sites for hydroxylation is 1. The lowest BCUT2D eigenvalue weighted by Crippen LogP contribution is -2.33. The van der Waals surface area contributed by atoms with Gasteiger partial charge in [-0.25, -0.2) is 9.78 Å². The number of fused-ring (bicyclic) bond motifs is 1. The standard InChI is InChI=1S/C10H12N4O4/c1-3-18-6(15)4-14-8-7(13(2)5-11-8)9(16)12-10(14)17/h5H,3-4H2,1-2H3,(H,12,16,17). The third kappa shape index (κ3) is 1.92. The highest BCUT2D eigenvalue weighted by Crippen LogP contribution is 2.03. The Labute approximate surface area is 101 Å². The molecule has 96 valence electrons. The lowest BCUT2D eigenvalue weighted by atomic mass is 10.5. The van der Waals surface area contributed by atoms with Gasteiger partial charge >= 0.3 is 11.7 Å². The fourth-order valence-corrected chi connectivity index (χ4v) is 1.68. The first-order valence-electron chi connectivity index (χ1n) is 5.34. The minimum Gasteiger partial charge on any atom is -0.465 e. The Morgan fingerprint density at radius 3 is 2.89 bits per heavy atom. The number of hydrogen-bond donors (Lipinski definition) is 1. The molecule has 0 amide bonds. The van der Waals surface area contributed by atoms with Crippen LogP contribution < -0.4 is 11.2 Å². The minimum absolute atomic E-state index is 0.166. The lowest BCUT2D eigenvalue weighted by Gasteiger charge is -2.05. The van der Waals surface area contributed by atoms with Crippen LogP contribution in [0.15, 0.2) is 15.9 Å². The summed E-state index contributed by atoms with van der Waals surface area (Å²) >= 11 is 0. The van der Waals surface area contributed by atoms with Gasteiger partial charge in [0.15, 0.2) is 11.2 Å².